The van der Waals surface area contributed by atoms with E-state index in [0.29, 0.717) is 29.4 Å². The number of hydrogen-bond donors (Lipinski definition) is 0. The van der Waals surface area contributed by atoms with Crippen LogP contribution in [0.2, 0.25) is 0 Å². The minimum absolute atomic E-state index is 0.120. The molecule has 0 aromatic heterocycles. The molecule has 1 nitrogen and oxygen atoms in total. The van der Waals surface area contributed by atoms with Crippen LogP contribution >= 0.6 is 0 Å². The number of methoxy groups -OCH3 is 1. The van der Waals surface area contributed by atoms with Gasteiger partial charge in [0.15, 0.2) is 11.6 Å². The van der Waals surface area contributed by atoms with Gasteiger partial charge in [-0.05, 0) is 71.8 Å². The molecule has 0 heterocycles. The Balaban J connectivity index is 1.53. The molecule has 0 radical (unpaired) electrons. The van der Waals surface area contributed by atoms with Gasteiger partial charge in [-0.2, -0.15) is 0 Å². The van der Waals surface area contributed by atoms with Crippen LogP contribution in [-0.2, 0) is 12.8 Å². The summed E-state index contributed by atoms with van der Waals surface area (Å²) in [6.45, 7) is 0. The van der Waals surface area contributed by atoms with E-state index in [0.717, 1.165) is 17.4 Å². The van der Waals surface area contributed by atoms with Crippen molar-refractivity contribution in [3.63, 3.8) is 0 Å². The maximum Gasteiger partial charge on any atom is 0.166 e. The molecule has 0 fully saturated rings. The lowest BCUT2D eigenvalue weighted by atomic mass is 10.0. The molecule has 0 saturated heterocycles. The van der Waals surface area contributed by atoms with Crippen molar-refractivity contribution in [2.24, 2.45) is 0 Å². The fraction of sp³-hybridized carbons (Fsp3) is 0.111. The van der Waals surface area contributed by atoms with Crippen molar-refractivity contribution >= 4 is 10.8 Å². The molecular weight excluding hydrogens is 416 g/mol. The summed E-state index contributed by atoms with van der Waals surface area (Å²) in [6.07, 6.45) is 1.10. The number of fused-ring (bicyclic) bond motifs is 1. The zero-order chi connectivity index (χ0) is 22.7. The minimum atomic E-state index is -0.940. The molecule has 0 N–H and O–H groups in total. The SMILES string of the molecule is COc1ccc(CCc2cc(F)c(C#Cc3ccc4c(F)c(F)ccc4c3)c(F)c2)cc1. The predicted octanol–water partition coefficient (Wildman–Crippen LogP) is 6.59. The standard InChI is InChI=1S/C27H18F4O/c1-32-21-9-4-17(5-10-21)2-3-19-15-25(29)23(26(30)16-19)12-7-18-6-11-22-20(14-18)8-13-24(28)27(22)31/h4-6,8-11,13-16H,2-3H2,1H3. The molecule has 0 aliphatic carbocycles. The van der Waals surface area contributed by atoms with E-state index < -0.39 is 23.3 Å². The van der Waals surface area contributed by atoms with Crippen LogP contribution in [0.3, 0.4) is 0 Å². The van der Waals surface area contributed by atoms with Crippen LogP contribution in [0.4, 0.5) is 17.6 Å². The molecule has 0 bridgehead atoms. The summed E-state index contributed by atoms with van der Waals surface area (Å²) in [5.74, 6) is 2.61. The quantitative estimate of drug-likeness (QED) is 0.260. The molecule has 0 atom stereocenters. The van der Waals surface area contributed by atoms with Crippen molar-refractivity contribution in [3.8, 4) is 17.6 Å². The maximum absolute atomic E-state index is 14.5. The minimum Gasteiger partial charge on any atom is -0.497 e. The molecule has 0 aliphatic rings. The Morgan fingerprint density at radius 1 is 0.688 bits per heavy atom. The van der Waals surface area contributed by atoms with Crippen molar-refractivity contribution in [1.29, 1.82) is 0 Å². The van der Waals surface area contributed by atoms with Gasteiger partial charge in [0, 0.05) is 10.9 Å². The van der Waals surface area contributed by atoms with E-state index in [2.05, 4.69) is 11.8 Å². The summed E-state index contributed by atoms with van der Waals surface area (Å²) in [5.41, 5.74) is 1.67. The van der Waals surface area contributed by atoms with Crippen LogP contribution in [0, 0.1) is 35.1 Å². The molecule has 5 heteroatoms. The highest BCUT2D eigenvalue weighted by Gasteiger charge is 2.10. The number of benzene rings is 4. The van der Waals surface area contributed by atoms with E-state index in [-0.39, 0.29) is 10.9 Å². The summed E-state index contributed by atoms with van der Waals surface area (Å²) >= 11 is 0. The van der Waals surface area contributed by atoms with Crippen molar-refractivity contribution in [2.45, 2.75) is 12.8 Å². The summed E-state index contributed by atoms with van der Waals surface area (Å²) in [5, 5.41) is 0.569. The highest BCUT2D eigenvalue weighted by Crippen LogP contribution is 2.22. The summed E-state index contributed by atoms with van der Waals surface area (Å²) in [7, 11) is 1.59. The molecule has 4 aromatic carbocycles. The highest BCUT2D eigenvalue weighted by molar-refractivity contribution is 5.84. The molecule has 0 amide bonds. The summed E-state index contributed by atoms with van der Waals surface area (Å²) in [6, 6.07) is 17.0. The predicted molar refractivity (Wildman–Crippen MR) is 117 cm³/mol. The Labute approximate surface area is 183 Å². The van der Waals surface area contributed by atoms with Crippen LogP contribution < -0.4 is 4.74 Å². The Kier molecular flexibility index (Phi) is 6.13. The highest BCUT2D eigenvalue weighted by atomic mass is 19.2. The second-order valence-corrected chi connectivity index (χ2v) is 7.33. The van der Waals surface area contributed by atoms with E-state index in [1.165, 1.54) is 30.3 Å². The molecule has 0 aliphatic heterocycles. The topological polar surface area (TPSA) is 9.23 Å². The van der Waals surface area contributed by atoms with Gasteiger partial charge in [-0.15, -0.1) is 0 Å². The van der Waals surface area contributed by atoms with E-state index in [9.17, 15) is 17.6 Å². The number of rotatable bonds is 4. The normalized spacial score (nSPS) is 10.7. The molecule has 4 rings (SSSR count). The Bertz CT molecular complexity index is 1330. The van der Waals surface area contributed by atoms with Gasteiger partial charge >= 0.3 is 0 Å². The zero-order valence-electron chi connectivity index (χ0n) is 17.2. The first-order valence-electron chi connectivity index (χ1n) is 9.95. The third kappa shape index (κ3) is 4.60. The van der Waals surface area contributed by atoms with Gasteiger partial charge in [0.1, 0.15) is 17.4 Å². The van der Waals surface area contributed by atoms with Gasteiger partial charge in [-0.3, -0.25) is 0 Å². The smallest absolute Gasteiger partial charge is 0.166 e. The van der Waals surface area contributed by atoms with Crippen molar-refractivity contribution in [2.75, 3.05) is 7.11 Å². The lowest BCUT2D eigenvalue weighted by Crippen LogP contribution is -1.97. The van der Waals surface area contributed by atoms with Gasteiger partial charge in [-0.1, -0.05) is 36.1 Å². The van der Waals surface area contributed by atoms with E-state index in [1.54, 1.807) is 13.2 Å². The van der Waals surface area contributed by atoms with Gasteiger partial charge in [0.05, 0.1) is 12.7 Å². The maximum atomic E-state index is 14.5. The van der Waals surface area contributed by atoms with Crippen LogP contribution in [0.25, 0.3) is 10.8 Å². The summed E-state index contributed by atoms with van der Waals surface area (Å²) < 4.78 is 61.3. The van der Waals surface area contributed by atoms with Gasteiger partial charge in [0.2, 0.25) is 0 Å². The van der Waals surface area contributed by atoms with E-state index in [4.69, 9.17) is 4.74 Å². The van der Waals surface area contributed by atoms with Crippen molar-refractivity contribution in [3.05, 3.63) is 112 Å². The molecule has 0 spiro atoms. The molecule has 4 aromatic rings. The Hall–Kier alpha value is -3.78. The zero-order valence-corrected chi connectivity index (χ0v) is 17.2. The Morgan fingerprint density at radius 2 is 1.38 bits per heavy atom. The average molecular weight is 434 g/mol. The second-order valence-electron chi connectivity index (χ2n) is 7.33. The monoisotopic (exact) mass is 434 g/mol. The molecule has 0 saturated carbocycles. The average Bonchev–Trinajstić information content (AvgIpc) is 2.80. The van der Waals surface area contributed by atoms with Crippen molar-refractivity contribution in [1.82, 2.24) is 0 Å². The largest absolute Gasteiger partial charge is 0.497 e. The van der Waals surface area contributed by atoms with Crippen LogP contribution in [0.15, 0.2) is 66.7 Å². The first-order chi connectivity index (χ1) is 15.4. The third-order valence-corrected chi connectivity index (χ3v) is 5.20. The summed E-state index contributed by atoms with van der Waals surface area (Å²) in [4.78, 5) is 0. The van der Waals surface area contributed by atoms with Crippen LogP contribution in [0.1, 0.15) is 22.3 Å². The fourth-order valence-electron chi connectivity index (χ4n) is 3.45. The van der Waals surface area contributed by atoms with Gasteiger partial charge in [-0.25, -0.2) is 17.6 Å². The molecule has 0 unspecified atom stereocenters. The molecule has 32 heavy (non-hydrogen) atoms. The molecular formula is C27H18F4O. The fourth-order valence-corrected chi connectivity index (χ4v) is 3.45. The van der Waals surface area contributed by atoms with E-state index in [1.807, 2.05) is 24.3 Å². The Morgan fingerprint density at radius 3 is 2.06 bits per heavy atom. The lowest BCUT2D eigenvalue weighted by Gasteiger charge is -2.06. The van der Waals surface area contributed by atoms with E-state index >= 15 is 0 Å². The van der Waals surface area contributed by atoms with Gasteiger partial charge in [0.25, 0.3) is 0 Å². The first kappa shape index (κ1) is 21.5. The van der Waals surface area contributed by atoms with Crippen molar-refractivity contribution < 1.29 is 22.3 Å². The number of ether oxygens (including phenoxy) is 1. The number of halogens is 4. The van der Waals surface area contributed by atoms with Crippen LogP contribution in [0.5, 0.6) is 5.75 Å². The second kappa shape index (κ2) is 9.15. The third-order valence-electron chi connectivity index (χ3n) is 5.20. The number of aryl methyl sites for hydroxylation is 2. The lowest BCUT2D eigenvalue weighted by molar-refractivity contribution is 0.414. The van der Waals surface area contributed by atoms with Gasteiger partial charge < -0.3 is 4.74 Å². The molecule has 160 valence electrons. The number of hydrogen-bond acceptors (Lipinski definition) is 1. The first-order valence-corrected chi connectivity index (χ1v) is 9.95. The van der Waals surface area contributed by atoms with Crippen LogP contribution in [-0.4, -0.2) is 7.11 Å².